The molecule has 2 unspecified atom stereocenters. The number of hydrogen-bond donors (Lipinski definition) is 2. The summed E-state index contributed by atoms with van der Waals surface area (Å²) in [5.74, 6) is 0.629. The molecule has 10 nitrogen and oxygen atoms in total. The van der Waals surface area contributed by atoms with Crippen molar-refractivity contribution in [1.29, 1.82) is 0 Å². The maximum atomic E-state index is 12.4. The number of nitrogens with zero attached hydrogens (tertiary/aromatic N) is 5. The van der Waals surface area contributed by atoms with E-state index in [1.165, 1.54) is 16.7 Å². The number of benzene rings is 2. The largest absolute Gasteiger partial charge is 0.486 e. The highest BCUT2D eigenvalue weighted by Crippen LogP contribution is 2.44. The molecule has 0 saturated carbocycles. The number of carboxylic acid groups (broad SMARTS) is 2. The predicted octanol–water partition coefficient (Wildman–Crippen LogP) is 4.88. The Morgan fingerprint density at radius 2 is 1.95 bits per heavy atom. The predicted molar refractivity (Wildman–Crippen MR) is 154 cm³/mol. The van der Waals surface area contributed by atoms with E-state index in [2.05, 4.69) is 70.6 Å². The van der Waals surface area contributed by atoms with Crippen LogP contribution in [0.4, 0.5) is 0 Å². The lowest BCUT2D eigenvalue weighted by Gasteiger charge is -2.35. The molecule has 0 spiro atoms. The molecule has 0 fully saturated rings. The minimum absolute atomic E-state index is 0.190. The van der Waals surface area contributed by atoms with Crippen molar-refractivity contribution in [1.82, 2.24) is 25.1 Å². The molecule has 2 heterocycles. The fourth-order valence-electron chi connectivity index (χ4n) is 6.12. The van der Waals surface area contributed by atoms with Crippen LogP contribution in [0.3, 0.4) is 0 Å². The first-order valence-electron chi connectivity index (χ1n) is 14.2. The first-order valence-corrected chi connectivity index (χ1v) is 14.2. The molecule has 1 aromatic heterocycles. The Bertz CT molecular complexity index is 1370. The Hall–Kier alpha value is -3.79. The van der Waals surface area contributed by atoms with Gasteiger partial charge in [-0.1, -0.05) is 36.4 Å². The number of hydrogen-bond acceptors (Lipinski definition) is 7. The van der Waals surface area contributed by atoms with Crippen LogP contribution in [0, 0.1) is 5.41 Å². The van der Waals surface area contributed by atoms with Crippen LogP contribution < -0.4 is 4.74 Å². The quantitative estimate of drug-likeness (QED) is 0.368. The third kappa shape index (κ3) is 6.75. The molecule has 2 aliphatic rings. The molecule has 0 bridgehead atoms. The van der Waals surface area contributed by atoms with Gasteiger partial charge in [-0.2, -0.15) is 4.80 Å². The Morgan fingerprint density at radius 1 is 1.22 bits per heavy atom. The molecule has 0 amide bonds. The van der Waals surface area contributed by atoms with Crippen molar-refractivity contribution >= 4 is 12.4 Å². The van der Waals surface area contributed by atoms with Gasteiger partial charge in [0, 0.05) is 31.1 Å². The van der Waals surface area contributed by atoms with Gasteiger partial charge >= 0.3 is 5.97 Å². The molecule has 1 aliphatic heterocycles. The van der Waals surface area contributed by atoms with Crippen LogP contribution in [0.1, 0.15) is 87.5 Å². The van der Waals surface area contributed by atoms with Crippen LogP contribution >= 0.6 is 0 Å². The lowest BCUT2D eigenvalue weighted by atomic mass is 9.72. The second-order valence-electron chi connectivity index (χ2n) is 12.0. The van der Waals surface area contributed by atoms with Gasteiger partial charge in [0.1, 0.15) is 11.4 Å². The zero-order valence-corrected chi connectivity index (χ0v) is 24.6. The molecule has 1 aliphatic carbocycles. The van der Waals surface area contributed by atoms with Gasteiger partial charge in [-0.05, 0) is 87.8 Å². The van der Waals surface area contributed by atoms with Crippen molar-refractivity contribution in [3.8, 4) is 5.75 Å². The number of aryl methyl sites for hydroxylation is 3. The van der Waals surface area contributed by atoms with Gasteiger partial charge < -0.3 is 14.9 Å². The summed E-state index contributed by atoms with van der Waals surface area (Å²) in [5, 5.41) is 29.7. The summed E-state index contributed by atoms with van der Waals surface area (Å²) in [6.07, 6.45) is 3.29. The molecule has 5 rings (SSSR count). The molecule has 10 heteroatoms. The summed E-state index contributed by atoms with van der Waals surface area (Å²) >= 11 is 0. The molecular weight excluding hydrogens is 522 g/mol. The first kappa shape index (κ1) is 30.2. The molecule has 2 N–H and O–H groups in total. The monoisotopic (exact) mass is 563 g/mol. The topological polar surface area (TPSA) is 131 Å². The van der Waals surface area contributed by atoms with Crippen LogP contribution in [0.5, 0.6) is 5.75 Å². The third-order valence-electron chi connectivity index (χ3n) is 8.23. The zero-order valence-electron chi connectivity index (χ0n) is 24.6. The summed E-state index contributed by atoms with van der Waals surface area (Å²) in [5.41, 5.74) is 3.69. The van der Waals surface area contributed by atoms with Crippen molar-refractivity contribution in [3.05, 3.63) is 70.5 Å². The molecule has 3 aromatic rings. The van der Waals surface area contributed by atoms with Gasteiger partial charge in [0.05, 0.1) is 12.0 Å². The van der Waals surface area contributed by atoms with Crippen LogP contribution in [0.15, 0.2) is 42.5 Å². The van der Waals surface area contributed by atoms with Crippen LogP contribution in [-0.2, 0) is 35.5 Å². The maximum absolute atomic E-state index is 12.4. The van der Waals surface area contributed by atoms with E-state index < -0.39 is 11.4 Å². The normalized spacial score (nSPS) is 18.6. The van der Waals surface area contributed by atoms with E-state index >= 15 is 0 Å². The summed E-state index contributed by atoms with van der Waals surface area (Å²) in [7, 11) is 0. The average molecular weight is 564 g/mol. The van der Waals surface area contributed by atoms with Crippen molar-refractivity contribution in [2.45, 2.75) is 91.0 Å². The molecule has 2 atom stereocenters. The van der Waals surface area contributed by atoms with Crippen LogP contribution in [0.2, 0.25) is 0 Å². The number of fused-ring (bicyclic) bond motifs is 2. The number of rotatable bonds is 8. The molecular formula is C31H41N5O5. The van der Waals surface area contributed by atoms with Crippen molar-refractivity contribution < 1.29 is 24.5 Å². The smallest absolute Gasteiger partial charge is 0.309 e. The standard InChI is InChI=1S/C30H39N5O3.CH2O2/c1-6-35-32-27(31-33-35)16-14-24(30(4,5)28(36)37)21-12-11-20-13-15-25(23(20)17-21)34-18-22-9-7-8-10-26(22)38-29(2,3)19-34;2-1-3/h7-12,17,24-25H,6,13-16,18-19H2,1-5H3,(H,36,37);1H,(H,2,3). The van der Waals surface area contributed by atoms with E-state index in [9.17, 15) is 9.90 Å². The highest BCUT2D eigenvalue weighted by atomic mass is 16.5. The van der Waals surface area contributed by atoms with E-state index in [0.717, 1.165) is 37.2 Å². The van der Waals surface area contributed by atoms with Gasteiger partial charge in [-0.15, -0.1) is 10.2 Å². The van der Waals surface area contributed by atoms with E-state index in [1.54, 1.807) is 4.80 Å². The third-order valence-corrected chi connectivity index (χ3v) is 8.23. The van der Waals surface area contributed by atoms with Crippen molar-refractivity contribution in [2.75, 3.05) is 6.54 Å². The molecule has 2 aromatic carbocycles. The fourth-order valence-corrected chi connectivity index (χ4v) is 6.12. The van der Waals surface area contributed by atoms with E-state index in [0.29, 0.717) is 25.2 Å². The summed E-state index contributed by atoms with van der Waals surface area (Å²) in [6.45, 7) is 12.0. The fraction of sp³-hybridized carbons (Fsp3) is 0.516. The average Bonchev–Trinajstić information content (AvgIpc) is 3.53. The Labute approximate surface area is 241 Å². The number of carbonyl (C=O) groups is 2. The van der Waals surface area contributed by atoms with Gasteiger partial charge in [0.2, 0.25) is 0 Å². The number of tetrazole rings is 1. The van der Waals surface area contributed by atoms with Crippen molar-refractivity contribution in [2.24, 2.45) is 5.41 Å². The Morgan fingerprint density at radius 3 is 2.63 bits per heavy atom. The van der Waals surface area contributed by atoms with E-state index in [-0.39, 0.29) is 24.0 Å². The SMILES string of the molecule is CCn1nnc(CCC(c2ccc3c(c2)C(N2Cc4ccccc4OC(C)(C)C2)CC3)C(C)(C)C(=O)O)n1.O=CO. The minimum Gasteiger partial charge on any atom is -0.486 e. The number of para-hydroxylation sites is 1. The number of aliphatic carboxylic acids is 1. The Kier molecular flexibility index (Phi) is 9.11. The zero-order chi connectivity index (χ0) is 29.8. The maximum Gasteiger partial charge on any atom is 0.309 e. The molecule has 220 valence electrons. The summed E-state index contributed by atoms with van der Waals surface area (Å²) < 4.78 is 6.41. The van der Waals surface area contributed by atoms with E-state index in [1.807, 2.05) is 26.8 Å². The lowest BCUT2D eigenvalue weighted by Crippen LogP contribution is -2.41. The first-order chi connectivity index (χ1) is 19.5. The van der Waals surface area contributed by atoms with Gasteiger partial charge in [0.25, 0.3) is 6.47 Å². The summed E-state index contributed by atoms with van der Waals surface area (Å²) in [6, 6.07) is 15.2. The second kappa shape index (κ2) is 12.4. The molecule has 0 saturated heterocycles. The molecule has 0 radical (unpaired) electrons. The second-order valence-corrected chi connectivity index (χ2v) is 12.0. The van der Waals surface area contributed by atoms with Crippen molar-refractivity contribution in [3.63, 3.8) is 0 Å². The summed E-state index contributed by atoms with van der Waals surface area (Å²) in [4.78, 5) is 24.9. The number of carboxylic acids is 1. The minimum atomic E-state index is -0.944. The molecule has 41 heavy (non-hydrogen) atoms. The number of aromatic nitrogens is 4. The van der Waals surface area contributed by atoms with Gasteiger partial charge in [-0.3, -0.25) is 14.5 Å². The van der Waals surface area contributed by atoms with Crippen LogP contribution in [0.25, 0.3) is 0 Å². The number of ether oxygens (including phenoxy) is 1. The highest BCUT2D eigenvalue weighted by Gasteiger charge is 2.40. The van der Waals surface area contributed by atoms with Crippen LogP contribution in [-0.4, -0.2) is 59.9 Å². The Balaban J connectivity index is 0.00000124. The lowest BCUT2D eigenvalue weighted by molar-refractivity contribution is -0.148. The highest BCUT2D eigenvalue weighted by molar-refractivity contribution is 5.75. The van der Waals surface area contributed by atoms with Gasteiger partial charge in [0.15, 0.2) is 5.82 Å². The van der Waals surface area contributed by atoms with Gasteiger partial charge in [-0.25, -0.2) is 0 Å². The van der Waals surface area contributed by atoms with E-state index in [4.69, 9.17) is 14.6 Å².